The van der Waals surface area contributed by atoms with Crippen LogP contribution in [0.25, 0.3) is 0 Å². The minimum Gasteiger partial charge on any atom is -0.476 e. The van der Waals surface area contributed by atoms with E-state index in [1.807, 2.05) is 6.07 Å². The second kappa shape index (κ2) is 8.08. The molecule has 1 atom stereocenters. The molecule has 5 rings (SSSR count). The highest BCUT2D eigenvalue weighted by Gasteiger charge is 2.37. The number of hydrogen-bond donors (Lipinski definition) is 1. The zero-order valence-corrected chi connectivity index (χ0v) is 17.7. The summed E-state index contributed by atoms with van der Waals surface area (Å²) in [5, 5.41) is 2.82. The molecular formula is C23H20N2O6S. The quantitative estimate of drug-likeness (QED) is 0.640. The number of sulfonamides is 1. The average Bonchev–Trinajstić information content (AvgIpc) is 3.30. The first-order valence-electron chi connectivity index (χ1n) is 10.0. The fourth-order valence-corrected chi connectivity index (χ4v) is 5.14. The van der Waals surface area contributed by atoms with E-state index in [1.54, 1.807) is 54.6 Å². The monoisotopic (exact) mass is 452 g/mol. The van der Waals surface area contributed by atoms with Gasteiger partial charge in [0.05, 0.1) is 17.1 Å². The third-order valence-corrected chi connectivity index (χ3v) is 7.06. The molecule has 0 unspecified atom stereocenters. The molecule has 164 valence electrons. The summed E-state index contributed by atoms with van der Waals surface area (Å²) in [6, 6.07) is 20.3. The van der Waals surface area contributed by atoms with Crippen molar-refractivity contribution in [3.63, 3.8) is 0 Å². The normalized spacial score (nSPS) is 16.8. The Morgan fingerprint density at radius 3 is 2.53 bits per heavy atom. The standard InChI is InChI=1S/C23H20N2O6S/c26-23(24-13-16-10-11-20-21(12-16)30-15-29-20)22-14-25(18-8-4-5-9-19(18)31-22)32(27,28)17-6-2-1-3-7-17/h1-12,22H,13-15H2,(H,24,26)/t22-/m0/s1. The van der Waals surface area contributed by atoms with Crippen LogP contribution in [0.1, 0.15) is 5.56 Å². The van der Waals surface area contributed by atoms with Gasteiger partial charge in [-0.25, -0.2) is 8.42 Å². The Morgan fingerprint density at radius 1 is 0.938 bits per heavy atom. The maximum atomic E-state index is 13.3. The van der Waals surface area contributed by atoms with E-state index < -0.39 is 22.0 Å². The summed E-state index contributed by atoms with van der Waals surface area (Å²) in [5.74, 6) is 1.21. The molecule has 0 spiro atoms. The highest BCUT2D eigenvalue weighted by molar-refractivity contribution is 7.92. The van der Waals surface area contributed by atoms with Gasteiger partial charge in [0, 0.05) is 6.54 Å². The molecule has 3 aromatic rings. The molecule has 3 aromatic carbocycles. The summed E-state index contributed by atoms with van der Waals surface area (Å²) in [4.78, 5) is 13.1. The third-order valence-electron chi connectivity index (χ3n) is 5.26. The predicted molar refractivity (Wildman–Crippen MR) is 116 cm³/mol. The molecule has 2 heterocycles. The van der Waals surface area contributed by atoms with E-state index in [0.717, 1.165) is 5.56 Å². The summed E-state index contributed by atoms with van der Waals surface area (Å²) < 4.78 is 44.4. The highest BCUT2D eigenvalue weighted by Crippen LogP contribution is 2.37. The maximum absolute atomic E-state index is 13.3. The molecule has 0 fully saturated rings. The van der Waals surface area contributed by atoms with Crippen LogP contribution in [0.2, 0.25) is 0 Å². The van der Waals surface area contributed by atoms with Gasteiger partial charge in [-0.1, -0.05) is 36.4 Å². The highest BCUT2D eigenvalue weighted by atomic mass is 32.2. The lowest BCUT2D eigenvalue weighted by molar-refractivity contribution is -0.127. The lowest BCUT2D eigenvalue weighted by Crippen LogP contribution is -2.50. The lowest BCUT2D eigenvalue weighted by Gasteiger charge is -2.34. The van der Waals surface area contributed by atoms with Gasteiger partial charge in [-0.3, -0.25) is 9.10 Å². The molecule has 0 saturated carbocycles. The molecule has 32 heavy (non-hydrogen) atoms. The predicted octanol–water partition coefficient (Wildman–Crippen LogP) is 2.69. The Balaban J connectivity index is 1.37. The zero-order chi connectivity index (χ0) is 22.1. The summed E-state index contributed by atoms with van der Waals surface area (Å²) >= 11 is 0. The maximum Gasteiger partial charge on any atom is 0.264 e. The van der Waals surface area contributed by atoms with E-state index >= 15 is 0 Å². The van der Waals surface area contributed by atoms with Gasteiger partial charge in [-0.15, -0.1) is 0 Å². The number of fused-ring (bicyclic) bond motifs is 2. The molecule has 0 bridgehead atoms. The Bertz CT molecular complexity index is 1260. The van der Waals surface area contributed by atoms with Crippen LogP contribution >= 0.6 is 0 Å². The number of hydrogen-bond acceptors (Lipinski definition) is 6. The molecule has 0 aliphatic carbocycles. The number of benzene rings is 3. The number of ether oxygens (including phenoxy) is 3. The fraction of sp³-hybridized carbons (Fsp3) is 0.174. The first-order chi connectivity index (χ1) is 15.5. The minimum absolute atomic E-state index is 0.138. The molecule has 2 aliphatic rings. The number of amides is 1. The second-order valence-corrected chi connectivity index (χ2v) is 9.19. The van der Waals surface area contributed by atoms with Crippen molar-refractivity contribution in [2.24, 2.45) is 0 Å². The van der Waals surface area contributed by atoms with Gasteiger partial charge in [0.15, 0.2) is 17.6 Å². The molecule has 1 N–H and O–H groups in total. The van der Waals surface area contributed by atoms with Gasteiger partial charge in [-0.05, 0) is 42.0 Å². The van der Waals surface area contributed by atoms with Crippen molar-refractivity contribution in [1.29, 1.82) is 0 Å². The van der Waals surface area contributed by atoms with Gasteiger partial charge >= 0.3 is 0 Å². The van der Waals surface area contributed by atoms with Crippen molar-refractivity contribution in [3.8, 4) is 17.2 Å². The van der Waals surface area contributed by atoms with Crippen LogP contribution in [0.4, 0.5) is 5.69 Å². The fourth-order valence-electron chi connectivity index (χ4n) is 3.64. The Morgan fingerprint density at radius 2 is 1.69 bits per heavy atom. The molecule has 0 aromatic heterocycles. The van der Waals surface area contributed by atoms with Crippen LogP contribution in [-0.2, 0) is 21.4 Å². The summed E-state index contributed by atoms with van der Waals surface area (Å²) in [5.41, 5.74) is 1.23. The van der Waals surface area contributed by atoms with Crippen molar-refractivity contribution in [3.05, 3.63) is 78.4 Å². The van der Waals surface area contributed by atoms with Crippen LogP contribution < -0.4 is 23.8 Å². The number of anilines is 1. The van der Waals surface area contributed by atoms with E-state index in [1.165, 1.54) is 16.4 Å². The van der Waals surface area contributed by atoms with Crippen molar-refractivity contribution >= 4 is 21.6 Å². The molecular weight excluding hydrogens is 432 g/mol. The number of nitrogens with one attached hydrogen (secondary N) is 1. The molecule has 9 heteroatoms. The molecule has 0 radical (unpaired) electrons. The largest absolute Gasteiger partial charge is 0.476 e. The van der Waals surface area contributed by atoms with Crippen molar-refractivity contribution in [1.82, 2.24) is 5.32 Å². The number of carbonyl (C=O) groups is 1. The van der Waals surface area contributed by atoms with E-state index in [0.29, 0.717) is 22.9 Å². The second-order valence-electron chi connectivity index (χ2n) is 7.33. The minimum atomic E-state index is -3.87. The third kappa shape index (κ3) is 3.71. The van der Waals surface area contributed by atoms with E-state index in [4.69, 9.17) is 14.2 Å². The summed E-state index contributed by atoms with van der Waals surface area (Å²) in [6.07, 6.45) is -1.00. The summed E-state index contributed by atoms with van der Waals surface area (Å²) in [6.45, 7) is 0.274. The lowest BCUT2D eigenvalue weighted by atomic mass is 10.2. The first kappa shape index (κ1) is 20.2. The van der Waals surface area contributed by atoms with Crippen LogP contribution in [0, 0.1) is 0 Å². The van der Waals surface area contributed by atoms with Crippen LogP contribution in [0.15, 0.2) is 77.7 Å². The van der Waals surface area contributed by atoms with E-state index in [9.17, 15) is 13.2 Å². The molecule has 2 aliphatic heterocycles. The Kier molecular flexibility index (Phi) is 5.10. The van der Waals surface area contributed by atoms with Crippen LogP contribution in [0.3, 0.4) is 0 Å². The Hall–Kier alpha value is -3.72. The van der Waals surface area contributed by atoms with Gasteiger partial charge in [0.1, 0.15) is 5.75 Å². The first-order valence-corrected chi connectivity index (χ1v) is 11.5. The molecule has 0 saturated heterocycles. The molecule has 1 amide bonds. The van der Waals surface area contributed by atoms with Gasteiger partial charge in [0.2, 0.25) is 6.79 Å². The number of nitrogens with zero attached hydrogens (tertiary/aromatic N) is 1. The van der Waals surface area contributed by atoms with Crippen LogP contribution in [0.5, 0.6) is 17.2 Å². The summed E-state index contributed by atoms with van der Waals surface area (Å²) in [7, 11) is -3.87. The smallest absolute Gasteiger partial charge is 0.264 e. The van der Waals surface area contributed by atoms with Crippen molar-refractivity contribution < 1.29 is 27.4 Å². The van der Waals surface area contributed by atoms with Crippen LogP contribution in [-0.4, -0.2) is 33.8 Å². The molecule has 8 nitrogen and oxygen atoms in total. The van der Waals surface area contributed by atoms with Gasteiger partial charge in [0.25, 0.3) is 15.9 Å². The number of para-hydroxylation sites is 2. The topological polar surface area (TPSA) is 94.2 Å². The zero-order valence-electron chi connectivity index (χ0n) is 16.9. The van der Waals surface area contributed by atoms with Gasteiger partial charge < -0.3 is 19.5 Å². The van der Waals surface area contributed by atoms with Crippen molar-refractivity contribution in [2.75, 3.05) is 17.6 Å². The Labute approximate surface area is 185 Å². The average molecular weight is 452 g/mol. The number of rotatable bonds is 5. The van der Waals surface area contributed by atoms with Gasteiger partial charge in [-0.2, -0.15) is 0 Å². The SMILES string of the molecule is O=C(NCc1ccc2c(c1)OCO2)[C@@H]1CN(S(=O)(=O)c2ccccc2)c2ccccc2O1. The van der Waals surface area contributed by atoms with E-state index in [-0.39, 0.29) is 24.8 Å². The van der Waals surface area contributed by atoms with E-state index in [2.05, 4.69) is 5.32 Å². The number of carbonyl (C=O) groups excluding carboxylic acids is 1. The van der Waals surface area contributed by atoms with Crippen molar-refractivity contribution in [2.45, 2.75) is 17.5 Å².